The zero-order valence-corrected chi connectivity index (χ0v) is 12.2. The van der Waals surface area contributed by atoms with Crippen LogP contribution in [0.2, 0.25) is 0 Å². The van der Waals surface area contributed by atoms with E-state index in [-0.39, 0.29) is 5.91 Å². The Morgan fingerprint density at radius 2 is 2.11 bits per heavy atom. The standard InChI is InChI=1S/C13H13BrN4O/c1-8-5-10(3-4-16-8)18-13(19)11-6-9(14)7-17-12(11)15-2/h3-7H,1-2H3,(H,15,17)(H,16,18,19). The van der Waals surface area contributed by atoms with Gasteiger partial charge in [-0.05, 0) is 41.1 Å². The van der Waals surface area contributed by atoms with Gasteiger partial charge in [-0.2, -0.15) is 0 Å². The maximum absolute atomic E-state index is 12.2. The summed E-state index contributed by atoms with van der Waals surface area (Å²) in [5.74, 6) is 0.315. The molecule has 0 aliphatic heterocycles. The minimum absolute atomic E-state index is 0.219. The number of anilines is 2. The first-order valence-electron chi connectivity index (χ1n) is 5.67. The highest BCUT2D eigenvalue weighted by Gasteiger charge is 2.13. The molecule has 0 atom stereocenters. The van der Waals surface area contributed by atoms with Gasteiger partial charge in [0, 0.05) is 35.3 Å². The number of pyridine rings is 2. The van der Waals surface area contributed by atoms with Crippen molar-refractivity contribution < 1.29 is 4.79 Å². The maximum atomic E-state index is 12.2. The predicted octanol–water partition coefficient (Wildman–Crippen LogP) is 2.84. The fraction of sp³-hybridized carbons (Fsp3) is 0.154. The summed E-state index contributed by atoms with van der Waals surface area (Å²) in [6, 6.07) is 5.28. The van der Waals surface area contributed by atoms with Crippen LogP contribution < -0.4 is 10.6 Å². The predicted molar refractivity (Wildman–Crippen MR) is 78.4 cm³/mol. The monoisotopic (exact) mass is 320 g/mol. The number of amides is 1. The number of hydrogen-bond donors (Lipinski definition) is 2. The highest BCUT2D eigenvalue weighted by Crippen LogP contribution is 2.19. The van der Waals surface area contributed by atoms with Crippen LogP contribution in [0.4, 0.5) is 11.5 Å². The largest absolute Gasteiger partial charge is 0.372 e. The van der Waals surface area contributed by atoms with Gasteiger partial charge in [-0.3, -0.25) is 9.78 Å². The average molecular weight is 321 g/mol. The van der Waals surface area contributed by atoms with E-state index in [2.05, 4.69) is 36.5 Å². The topological polar surface area (TPSA) is 66.9 Å². The van der Waals surface area contributed by atoms with E-state index >= 15 is 0 Å². The van der Waals surface area contributed by atoms with Gasteiger partial charge in [-0.1, -0.05) is 0 Å². The molecule has 2 aromatic rings. The minimum atomic E-state index is -0.219. The quantitative estimate of drug-likeness (QED) is 0.912. The van der Waals surface area contributed by atoms with Gasteiger partial charge < -0.3 is 10.6 Å². The van der Waals surface area contributed by atoms with E-state index < -0.39 is 0 Å². The van der Waals surface area contributed by atoms with Crippen LogP contribution in [-0.2, 0) is 0 Å². The van der Waals surface area contributed by atoms with Crippen LogP contribution in [-0.4, -0.2) is 22.9 Å². The van der Waals surface area contributed by atoms with E-state index in [9.17, 15) is 4.79 Å². The Morgan fingerprint density at radius 3 is 2.79 bits per heavy atom. The first kappa shape index (κ1) is 13.5. The van der Waals surface area contributed by atoms with Crippen molar-refractivity contribution in [2.24, 2.45) is 0 Å². The molecule has 6 heteroatoms. The van der Waals surface area contributed by atoms with E-state index in [0.717, 1.165) is 10.2 Å². The number of nitrogens with zero attached hydrogens (tertiary/aromatic N) is 2. The molecule has 0 aliphatic rings. The smallest absolute Gasteiger partial charge is 0.259 e. The van der Waals surface area contributed by atoms with Crippen LogP contribution in [0.15, 0.2) is 35.1 Å². The van der Waals surface area contributed by atoms with Crippen LogP contribution in [0.25, 0.3) is 0 Å². The molecule has 2 rings (SSSR count). The number of halogens is 1. The van der Waals surface area contributed by atoms with Gasteiger partial charge >= 0.3 is 0 Å². The molecule has 2 heterocycles. The Hall–Kier alpha value is -1.95. The van der Waals surface area contributed by atoms with Gasteiger partial charge in [-0.15, -0.1) is 0 Å². The van der Waals surface area contributed by atoms with E-state index in [0.29, 0.717) is 17.1 Å². The van der Waals surface area contributed by atoms with Crippen molar-refractivity contribution >= 4 is 33.3 Å². The summed E-state index contributed by atoms with van der Waals surface area (Å²) in [5, 5.41) is 5.72. The van der Waals surface area contributed by atoms with E-state index in [1.165, 1.54) is 0 Å². The molecule has 2 aromatic heterocycles. The van der Waals surface area contributed by atoms with Gasteiger partial charge in [0.05, 0.1) is 5.56 Å². The average Bonchev–Trinajstić information content (AvgIpc) is 2.38. The summed E-state index contributed by atoms with van der Waals surface area (Å²) in [6.45, 7) is 1.87. The Labute approximate surface area is 119 Å². The minimum Gasteiger partial charge on any atom is -0.372 e. The van der Waals surface area contributed by atoms with Crippen LogP contribution in [0, 0.1) is 6.92 Å². The summed E-state index contributed by atoms with van der Waals surface area (Å²) in [6.07, 6.45) is 3.29. The number of nitrogens with one attached hydrogen (secondary N) is 2. The number of aryl methyl sites for hydroxylation is 1. The molecule has 0 fully saturated rings. The van der Waals surface area contributed by atoms with Crippen LogP contribution in [0.1, 0.15) is 16.1 Å². The Balaban J connectivity index is 2.27. The molecule has 0 bridgehead atoms. The van der Waals surface area contributed by atoms with Crippen molar-refractivity contribution in [1.82, 2.24) is 9.97 Å². The normalized spacial score (nSPS) is 10.1. The maximum Gasteiger partial charge on any atom is 0.259 e. The highest BCUT2D eigenvalue weighted by molar-refractivity contribution is 9.10. The summed E-state index contributed by atoms with van der Waals surface area (Å²) in [5.41, 5.74) is 2.03. The Bertz CT molecular complexity index is 615. The lowest BCUT2D eigenvalue weighted by Crippen LogP contribution is -2.15. The van der Waals surface area contributed by atoms with E-state index in [1.54, 1.807) is 31.6 Å². The number of aromatic nitrogens is 2. The molecule has 0 saturated heterocycles. The number of rotatable bonds is 3. The van der Waals surface area contributed by atoms with E-state index in [1.807, 2.05) is 13.0 Å². The summed E-state index contributed by atoms with van der Waals surface area (Å²) in [7, 11) is 1.73. The lowest BCUT2D eigenvalue weighted by atomic mass is 10.2. The number of hydrogen-bond acceptors (Lipinski definition) is 4. The summed E-state index contributed by atoms with van der Waals surface area (Å²) < 4.78 is 0.752. The molecule has 0 saturated carbocycles. The molecule has 0 spiro atoms. The van der Waals surface area contributed by atoms with Crippen molar-refractivity contribution in [3.05, 3.63) is 46.3 Å². The molecular formula is C13H13BrN4O. The second-order valence-electron chi connectivity index (χ2n) is 3.94. The van der Waals surface area contributed by atoms with Crippen molar-refractivity contribution in [1.29, 1.82) is 0 Å². The summed E-state index contributed by atoms with van der Waals surface area (Å²) in [4.78, 5) is 20.5. The molecule has 5 nitrogen and oxygen atoms in total. The molecule has 1 amide bonds. The van der Waals surface area contributed by atoms with Gasteiger partial charge in [0.15, 0.2) is 0 Å². The fourth-order valence-electron chi connectivity index (χ4n) is 1.63. The van der Waals surface area contributed by atoms with Crippen molar-refractivity contribution in [2.45, 2.75) is 6.92 Å². The van der Waals surface area contributed by atoms with Gasteiger partial charge in [0.2, 0.25) is 0 Å². The number of carbonyl (C=O) groups is 1. The fourth-order valence-corrected chi connectivity index (χ4v) is 1.96. The molecule has 19 heavy (non-hydrogen) atoms. The second kappa shape index (κ2) is 5.79. The lowest BCUT2D eigenvalue weighted by molar-refractivity contribution is 0.102. The zero-order chi connectivity index (χ0) is 13.8. The van der Waals surface area contributed by atoms with Crippen molar-refractivity contribution in [2.75, 3.05) is 17.7 Å². The first-order valence-corrected chi connectivity index (χ1v) is 6.47. The van der Waals surface area contributed by atoms with Crippen molar-refractivity contribution in [3.63, 3.8) is 0 Å². The Kier molecular flexibility index (Phi) is 4.11. The molecule has 0 aliphatic carbocycles. The van der Waals surface area contributed by atoms with Gasteiger partial charge in [-0.25, -0.2) is 4.98 Å². The van der Waals surface area contributed by atoms with Crippen LogP contribution >= 0.6 is 15.9 Å². The zero-order valence-electron chi connectivity index (χ0n) is 10.6. The molecule has 98 valence electrons. The molecule has 0 unspecified atom stereocenters. The third-order valence-electron chi connectivity index (χ3n) is 2.49. The molecular weight excluding hydrogens is 308 g/mol. The second-order valence-corrected chi connectivity index (χ2v) is 4.86. The molecule has 2 N–H and O–H groups in total. The van der Waals surface area contributed by atoms with E-state index in [4.69, 9.17) is 0 Å². The highest BCUT2D eigenvalue weighted by atomic mass is 79.9. The third kappa shape index (κ3) is 3.29. The van der Waals surface area contributed by atoms with Gasteiger partial charge in [0.1, 0.15) is 5.82 Å². The SMILES string of the molecule is CNc1ncc(Br)cc1C(=O)Nc1ccnc(C)c1. The van der Waals surface area contributed by atoms with Crippen molar-refractivity contribution in [3.8, 4) is 0 Å². The molecule has 0 radical (unpaired) electrons. The molecule has 0 aromatic carbocycles. The third-order valence-corrected chi connectivity index (χ3v) is 2.92. The Morgan fingerprint density at radius 1 is 1.32 bits per heavy atom. The van der Waals surface area contributed by atoms with Crippen LogP contribution in [0.5, 0.6) is 0 Å². The van der Waals surface area contributed by atoms with Crippen LogP contribution in [0.3, 0.4) is 0 Å². The summed E-state index contributed by atoms with van der Waals surface area (Å²) >= 11 is 3.31. The number of carbonyl (C=O) groups excluding carboxylic acids is 1. The van der Waals surface area contributed by atoms with Gasteiger partial charge in [0.25, 0.3) is 5.91 Å². The first-order chi connectivity index (χ1) is 9.10. The lowest BCUT2D eigenvalue weighted by Gasteiger charge is -2.09.